The molecule has 1 atom stereocenters. The zero-order valence-electron chi connectivity index (χ0n) is 10.4. The Morgan fingerprint density at radius 3 is 2.81 bits per heavy atom. The van der Waals surface area contributed by atoms with Gasteiger partial charge in [0.05, 0.1) is 0 Å². The van der Waals surface area contributed by atoms with Gasteiger partial charge in [-0.25, -0.2) is 0 Å². The van der Waals surface area contributed by atoms with Crippen LogP contribution in [0.1, 0.15) is 43.7 Å². The fourth-order valence-corrected chi connectivity index (χ4v) is 2.72. The number of rotatable bonds is 2. The zero-order chi connectivity index (χ0) is 11.8. The molecule has 0 bridgehead atoms. The summed E-state index contributed by atoms with van der Waals surface area (Å²) >= 11 is 0. The third-order valence-corrected chi connectivity index (χ3v) is 3.96. The van der Waals surface area contributed by atoms with E-state index in [1.807, 2.05) is 19.2 Å². The summed E-state index contributed by atoms with van der Waals surface area (Å²) in [6.45, 7) is 4.50. The van der Waals surface area contributed by atoms with E-state index in [1.165, 1.54) is 24.0 Å². The van der Waals surface area contributed by atoms with Crippen LogP contribution in [0.2, 0.25) is 0 Å². The lowest BCUT2D eigenvalue weighted by Crippen LogP contribution is -2.43. The lowest BCUT2D eigenvalue weighted by molar-refractivity contribution is 0.312. The summed E-state index contributed by atoms with van der Waals surface area (Å²) in [6.07, 6.45) is 3.54. The van der Waals surface area contributed by atoms with Crippen molar-refractivity contribution in [2.24, 2.45) is 0 Å². The second-order valence-electron chi connectivity index (χ2n) is 5.30. The number of nitrogens with one attached hydrogen (secondary N) is 1. The van der Waals surface area contributed by atoms with Gasteiger partial charge in [-0.15, -0.1) is 0 Å². The van der Waals surface area contributed by atoms with Crippen molar-refractivity contribution in [2.45, 2.75) is 44.6 Å². The predicted octanol–water partition coefficient (Wildman–Crippen LogP) is 2.81. The summed E-state index contributed by atoms with van der Waals surface area (Å²) in [5, 5.41) is 12.9. The molecule has 0 saturated heterocycles. The molecular formula is C14H21NO. The maximum absolute atomic E-state index is 9.52. The Bertz CT molecular complexity index is 384. The molecule has 2 rings (SSSR count). The van der Waals surface area contributed by atoms with E-state index in [4.69, 9.17) is 0 Å². The van der Waals surface area contributed by atoms with E-state index in [0.717, 1.165) is 6.42 Å². The van der Waals surface area contributed by atoms with E-state index < -0.39 is 0 Å². The Kier molecular flexibility index (Phi) is 2.94. The minimum atomic E-state index is 0.117. The van der Waals surface area contributed by atoms with Gasteiger partial charge in [0, 0.05) is 11.5 Å². The van der Waals surface area contributed by atoms with Crippen LogP contribution >= 0.6 is 0 Å². The van der Waals surface area contributed by atoms with Gasteiger partial charge in [-0.3, -0.25) is 0 Å². The van der Waals surface area contributed by atoms with E-state index in [9.17, 15) is 5.11 Å². The predicted molar refractivity (Wildman–Crippen MR) is 66.9 cm³/mol. The number of aromatic hydroxyl groups is 1. The summed E-state index contributed by atoms with van der Waals surface area (Å²) in [5.74, 6) is 0.934. The Hall–Kier alpha value is -1.02. The van der Waals surface area contributed by atoms with Crippen molar-refractivity contribution in [2.75, 3.05) is 7.05 Å². The number of phenolic OH excluding ortho intramolecular Hbond substituents is 1. The number of benzene rings is 1. The summed E-state index contributed by atoms with van der Waals surface area (Å²) in [5.41, 5.74) is 2.84. The summed E-state index contributed by atoms with van der Waals surface area (Å²) in [7, 11) is 2.02. The highest BCUT2D eigenvalue weighted by atomic mass is 16.3. The molecule has 0 heterocycles. The molecule has 0 fully saturated rings. The van der Waals surface area contributed by atoms with Crippen LogP contribution in [0.4, 0.5) is 0 Å². The molecule has 2 heteroatoms. The largest absolute Gasteiger partial charge is 0.508 e. The van der Waals surface area contributed by atoms with Gasteiger partial charge >= 0.3 is 0 Å². The van der Waals surface area contributed by atoms with Crippen molar-refractivity contribution in [1.82, 2.24) is 5.32 Å². The number of fused-ring (bicyclic) bond motifs is 1. The van der Waals surface area contributed by atoms with Gasteiger partial charge in [0.1, 0.15) is 5.75 Å². The highest BCUT2D eigenvalue weighted by Gasteiger charge is 2.32. The first-order valence-corrected chi connectivity index (χ1v) is 6.05. The lowest BCUT2D eigenvalue weighted by atomic mass is 9.73. The van der Waals surface area contributed by atoms with E-state index in [0.29, 0.717) is 11.7 Å². The molecule has 0 amide bonds. The fourth-order valence-electron chi connectivity index (χ4n) is 2.72. The Balaban J connectivity index is 2.40. The first kappa shape index (κ1) is 11.5. The van der Waals surface area contributed by atoms with Crippen LogP contribution in [-0.4, -0.2) is 17.7 Å². The van der Waals surface area contributed by atoms with E-state index in [2.05, 4.69) is 25.2 Å². The Labute approximate surface area is 97.7 Å². The molecular weight excluding hydrogens is 198 g/mol. The standard InChI is InChI=1S/C14H21NO/c1-14(2,15-3)13-6-4-5-10-9-11(16)7-8-12(10)13/h7-9,13,15-16H,4-6H2,1-3H3. The molecule has 0 aliphatic heterocycles. The second-order valence-corrected chi connectivity index (χ2v) is 5.30. The lowest BCUT2D eigenvalue weighted by Gasteiger charge is -2.38. The van der Waals surface area contributed by atoms with Gasteiger partial charge < -0.3 is 10.4 Å². The average molecular weight is 219 g/mol. The van der Waals surface area contributed by atoms with Crippen LogP contribution in [0.15, 0.2) is 18.2 Å². The summed E-state index contributed by atoms with van der Waals surface area (Å²) in [6, 6.07) is 5.82. The molecule has 2 N–H and O–H groups in total. The molecule has 1 unspecified atom stereocenters. The zero-order valence-corrected chi connectivity index (χ0v) is 10.4. The molecule has 1 aromatic carbocycles. The monoisotopic (exact) mass is 219 g/mol. The second kappa shape index (κ2) is 4.10. The first-order chi connectivity index (χ1) is 7.54. The number of aryl methyl sites for hydroxylation is 1. The van der Waals surface area contributed by atoms with Gasteiger partial charge in [0.25, 0.3) is 0 Å². The number of likely N-dealkylation sites (N-methyl/N-ethyl adjacent to an activating group) is 1. The van der Waals surface area contributed by atoms with Crippen LogP contribution in [-0.2, 0) is 6.42 Å². The van der Waals surface area contributed by atoms with Crippen molar-refractivity contribution in [1.29, 1.82) is 0 Å². The molecule has 88 valence electrons. The Morgan fingerprint density at radius 2 is 2.12 bits per heavy atom. The van der Waals surface area contributed by atoms with Crippen LogP contribution < -0.4 is 5.32 Å². The van der Waals surface area contributed by atoms with Crippen molar-refractivity contribution in [3.05, 3.63) is 29.3 Å². The van der Waals surface area contributed by atoms with Crippen molar-refractivity contribution in [3.8, 4) is 5.75 Å². The van der Waals surface area contributed by atoms with Crippen LogP contribution in [0.3, 0.4) is 0 Å². The number of phenols is 1. The molecule has 0 radical (unpaired) electrons. The maximum atomic E-state index is 9.52. The van der Waals surface area contributed by atoms with E-state index in [-0.39, 0.29) is 5.54 Å². The van der Waals surface area contributed by atoms with Crippen molar-refractivity contribution >= 4 is 0 Å². The highest BCUT2D eigenvalue weighted by molar-refractivity contribution is 5.40. The van der Waals surface area contributed by atoms with Gasteiger partial charge in [0.2, 0.25) is 0 Å². The summed E-state index contributed by atoms with van der Waals surface area (Å²) < 4.78 is 0. The van der Waals surface area contributed by atoms with Crippen LogP contribution in [0.25, 0.3) is 0 Å². The molecule has 0 saturated carbocycles. The molecule has 1 aromatic rings. The molecule has 0 spiro atoms. The molecule has 0 aromatic heterocycles. The van der Waals surface area contributed by atoms with Gasteiger partial charge in [-0.2, -0.15) is 0 Å². The van der Waals surface area contributed by atoms with E-state index >= 15 is 0 Å². The number of hydrogen-bond acceptors (Lipinski definition) is 2. The highest BCUT2D eigenvalue weighted by Crippen LogP contribution is 2.39. The van der Waals surface area contributed by atoms with Crippen molar-refractivity contribution < 1.29 is 5.11 Å². The van der Waals surface area contributed by atoms with Gasteiger partial charge in [-0.05, 0) is 63.4 Å². The Morgan fingerprint density at radius 1 is 1.38 bits per heavy atom. The SMILES string of the molecule is CNC(C)(C)C1CCCc2cc(O)ccc21. The van der Waals surface area contributed by atoms with Crippen LogP contribution in [0.5, 0.6) is 5.75 Å². The summed E-state index contributed by atoms with van der Waals surface area (Å²) in [4.78, 5) is 0. The molecule has 16 heavy (non-hydrogen) atoms. The normalized spacial score (nSPS) is 20.6. The quantitative estimate of drug-likeness (QED) is 0.801. The average Bonchev–Trinajstić information content (AvgIpc) is 2.27. The fraction of sp³-hybridized carbons (Fsp3) is 0.571. The minimum Gasteiger partial charge on any atom is -0.508 e. The van der Waals surface area contributed by atoms with Crippen molar-refractivity contribution in [3.63, 3.8) is 0 Å². The minimum absolute atomic E-state index is 0.117. The molecule has 1 aliphatic rings. The maximum Gasteiger partial charge on any atom is 0.115 e. The molecule has 2 nitrogen and oxygen atoms in total. The third kappa shape index (κ3) is 1.94. The smallest absolute Gasteiger partial charge is 0.115 e. The first-order valence-electron chi connectivity index (χ1n) is 6.05. The number of hydrogen-bond donors (Lipinski definition) is 2. The molecule has 1 aliphatic carbocycles. The topological polar surface area (TPSA) is 32.3 Å². The van der Waals surface area contributed by atoms with E-state index in [1.54, 1.807) is 0 Å². The van der Waals surface area contributed by atoms with Crippen LogP contribution in [0, 0.1) is 0 Å². The van der Waals surface area contributed by atoms with Gasteiger partial charge in [0.15, 0.2) is 0 Å². The third-order valence-electron chi connectivity index (χ3n) is 3.96. The van der Waals surface area contributed by atoms with Gasteiger partial charge in [-0.1, -0.05) is 6.07 Å².